The van der Waals surface area contributed by atoms with Crippen LogP contribution in [-0.4, -0.2) is 65.5 Å². The fourth-order valence-corrected chi connectivity index (χ4v) is 3.82. The zero-order valence-corrected chi connectivity index (χ0v) is 19.5. The van der Waals surface area contributed by atoms with E-state index in [0.717, 1.165) is 49.1 Å². The van der Waals surface area contributed by atoms with E-state index in [9.17, 15) is 0 Å². The van der Waals surface area contributed by atoms with Crippen molar-refractivity contribution in [2.24, 2.45) is 12.0 Å². The Hall–Kier alpha value is -1.88. The summed E-state index contributed by atoms with van der Waals surface area (Å²) in [4.78, 5) is 13.7. The Morgan fingerprint density at radius 2 is 2.07 bits per heavy atom. The normalized spacial score (nSPS) is 19.9. The number of aromatic nitrogens is 3. The minimum Gasteiger partial charge on any atom is -0.370 e. The van der Waals surface area contributed by atoms with Crippen LogP contribution in [0.5, 0.6) is 0 Å². The first-order valence-electron chi connectivity index (χ1n) is 9.98. The van der Waals surface area contributed by atoms with Crippen molar-refractivity contribution in [1.29, 1.82) is 0 Å². The van der Waals surface area contributed by atoms with E-state index >= 15 is 0 Å². The van der Waals surface area contributed by atoms with Crippen LogP contribution >= 0.6 is 24.0 Å². The van der Waals surface area contributed by atoms with Crippen LogP contribution in [-0.2, 0) is 18.3 Å². The number of nitrogens with zero attached hydrogens (tertiary/aromatic N) is 6. The summed E-state index contributed by atoms with van der Waals surface area (Å²) in [5.74, 6) is 1.97. The van der Waals surface area contributed by atoms with Crippen molar-refractivity contribution in [3.8, 4) is 0 Å². The molecule has 2 fully saturated rings. The highest BCUT2D eigenvalue weighted by Crippen LogP contribution is 2.22. The molecule has 4 heterocycles. The molecule has 0 spiro atoms. The van der Waals surface area contributed by atoms with Crippen molar-refractivity contribution in [1.82, 2.24) is 25.0 Å². The number of aliphatic imine (C=N–C) groups is 1. The van der Waals surface area contributed by atoms with E-state index in [0.29, 0.717) is 13.2 Å². The summed E-state index contributed by atoms with van der Waals surface area (Å²) in [5.41, 5.74) is 2.26. The lowest BCUT2D eigenvalue weighted by molar-refractivity contribution is -0.00805. The fourth-order valence-electron chi connectivity index (χ4n) is 3.82. The number of aryl methyl sites for hydroxylation is 1. The van der Waals surface area contributed by atoms with Gasteiger partial charge in [0.15, 0.2) is 5.96 Å². The molecule has 0 radical (unpaired) electrons. The molecule has 1 N–H and O–H groups in total. The predicted molar refractivity (Wildman–Crippen MR) is 125 cm³/mol. The van der Waals surface area contributed by atoms with Crippen molar-refractivity contribution < 1.29 is 4.74 Å². The molecule has 0 amide bonds. The van der Waals surface area contributed by atoms with Gasteiger partial charge in [-0.3, -0.25) is 9.67 Å². The molecule has 0 aliphatic carbocycles. The standard InChI is InChI=1S/C20H29N7O.HI/c1-21-20(27-9-10-28-18(15-27)17-13-24-25(2)14-17)23-12-16-5-6-19(22-11-16)26-7-3-4-8-26;/h5-6,11,13-14,18H,3-4,7-10,12,15H2,1-2H3,(H,21,23);1H. The van der Waals surface area contributed by atoms with Gasteiger partial charge >= 0.3 is 0 Å². The Labute approximate surface area is 189 Å². The molecular weight excluding hydrogens is 481 g/mol. The van der Waals surface area contributed by atoms with E-state index in [1.54, 1.807) is 0 Å². The molecule has 2 aromatic heterocycles. The van der Waals surface area contributed by atoms with Crippen LogP contribution in [0.15, 0.2) is 35.7 Å². The van der Waals surface area contributed by atoms with Crippen LogP contribution < -0.4 is 10.2 Å². The molecule has 9 heteroatoms. The molecule has 1 unspecified atom stereocenters. The summed E-state index contributed by atoms with van der Waals surface area (Å²) in [5, 5.41) is 7.72. The van der Waals surface area contributed by atoms with Crippen LogP contribution in [0.1, 0.15) is 30.1 Å². The van der Waals surface area contributed by atoms with Gasteiger partial charge in [0.25, 0.3) is 0 Å². The maximum absolute atomic E-state index is 5.93. The van der Waals surface area contributed by atoms with Crippen LogP contribution in [0.4, 0.5) is 5.82 Å². The van der Waals surface area contributed by atoms with Crippen molar-refractivity contribution in [2.45, 2.75) is 25.5 Å². The molecule has 2 saturated heterocycles. The SMILES string of the molecule is CN=C(NCc1ccc(N2CCCC2)nc1)N1CCOC(c2cnn(C)c2)C1.I. The second kappa shape index (κ2) is 10.2. The predicted octanol–water partition coefficient (Wildman–Crippen LogP) is 2.18. The first-order chi connectivity index (χ1) is 13.7. The van der Waals surface area contributed by atoms with Crippen molar-refractivity contribution >= 4 is 35.8 Å². The van der Waals surface area contributed by atoms with Crippen LogP contribution in [0.3, 0.4) is 0 Å². The lowest BCUT2D eigenvalue weighted by Gasteiger charge is -2.34. The fraction of sp³-hybridized carbons (Fsp3) is 0.550. The highest BCUT2D eigenvalue weighted by Gasteiger charge is 2.25. The molecule has 8 nitrogen and oxygen atoms in total. The number of anilines is 1. The van der Waals surface area contributed by atoms with E-state index in [1.165, 1.54) is 12.8 Å². The highest BCUT2D eigenvalue weighted by atomic mass is 127. The number of rotatable bonds is 4. The van der Waals surface area contributed by atoms with Gasteiger partial charge < -0.3 is 19.9 Å². The maximum atomic E-state index is 5.93. The summed E-state index contributed by atoms with van der Waals surface area (Å²) in [6.45, 7) is 5.19. The Morgan fingerprint density at radius 1 is 1.24 bits per heavy atom. The lowest BCUT2D eigenvalue weighted by atomic mass is 10.1. The Morgan fingerprint density at radius 3 is 2.72 bits per heavy atom. The summed E-state index contributed by atoms with van der Waals surface area (Å²) < 4.78 is 7.74. The first kappa shape index (κ1) is 21.8. The molecule has 2 aliphatic rings. The van der Waals surface area contributed by atoms with E-state index in [1.807, 2.05) is 37.4 Å². The zero-order chi connectivity index (χ0) is 19.3. The highest BCUT2D eigenvalue weighted by molar-refractivity contribution is 14.0. The van der Waals surface area contributed by atoms with E-state index < -0.39 is 0 Å². The number of ether oxygens (including phenoxy) is 1. The average molecular weight is 511 g/mol. The van der Waals surface area contributed by atoms with Crippen LogP contribution in [0.2, 0.25) is 0 Å². The first-order valence-corrected chi connectivity index (χ1v) is 9.98. The number of guanidine groups is 1. The van der Waals surface area contributed by atoms with Crippen molar-refractivity contribution in [2.75, 3.05) is 44.7 Å². The third kappa shape index (κ3) is 5.39. The van der Waals surface area contributed by atoms with Gasteiger partial charge in [0, 0.05) is 58.2 Å². The monoisotopic (exact) mass is 511 g/mol. The molecule has 4 rings (SSSR count). The number of halogens is 1. The summed E-state index contributed by atoms with van der Waals surface area (Å²) in [7, 11) is 3.75. The van der Waals surface area contributed by atoms with Gasteiger partial charge in [-0.15, -0.1) is 24.0 Å². The quantitative estimate of drug-likeness (QED) is 0.386. The van der Waals surface area contributed by atoms with Crippen molar-refractivity contribution in [3.63, 3.8) is 0 Å². The van der Waals surface area contributed by atoms with Gasteiger partial charge in [-0.2, -0.15) is 5.10 Å². The minimum absolute atomic E-state index is 0. The Bertz CT molecular complexity index is 801. The second-order valence-electron chi connectivity index (χ2n) is 7.37. The summed E-state index contributed by atoms with van der Waals surface area (Å²) >= 11 is 0. The second-order valence-corrected chi connectivity index (χ2v) is 7.37. The molecule has 29 heavy (non-hydrogen) atoms. The molecule has 0 aromatic carbocycles. The van der Waals surface area contributed by atoms with Gasteiger partial charge in [0.05, 0.1) is 19.3 Å². The van der Waals surface area contributed by atoms with E-state index in [-0.39, 0.29) is 30.1 Å². The van der Waals surface area contributed by atoms with Gasteiger partial charge in [-0.05, 0) is 24.5 Å². The topological polar surface area (TPSA) is 70.8 Å². The molecule has 0 bridgehead atoms. The maximum Gasteiger partial charge on any atom is 0.194 e. The zero-order valence-electron chi connectivity index (χ0n) is 17.1. The smallest absolute Gasteiger partial charge is 0.194 e. The van der Waals surface area contributed by atoms with Gasteiger partial charge in [0.1, 0.15) is 11.9 Å². The average Bonchev–Trinajstić information content (AvgIpc) is 3.41. The molecular formula is C20H30IN7O. The number of hydrogen-bond donors (Lipinski definition) is 1. The minimum atomic E-state index is 0. The molecule has 2 aliphatic heterocycles. The van der Waals surface area contributed by atoms with E-state index in [2.05, 4.69) is 42.3 Å². The van der Waals surface area contributed by atoms with Crippen molar-refractivity contribution in [3.05, 3.63) is 41.9 Å². The largest absolute Gasteiger partial charge is 0.370 e. The summed E-state index contributed by atoms with van der Waals surface area (Å²) in [6.07, 6.45) is 8.39. The van der Waals surface area contributed by atoms with Gasteiger partial charge in [0.2, 0.25) is 0 Å². The number of nitrogens with one attached hydrogen (secondary N) is 1. The lowest BCUT2D eigenvalue weighted by Crippen LogP contribution is -2.47. The van der Waals surface area contributed by atoms with Gasteiger partial charge in [-0.25, -0.2) is 4.98 Å². The molecule has 2 aromatic rings. The van der Waals surface area contributed by atoms with E-state index in [4.69, 9.17) is 4.74 Å². The number of hydrogen-bond acceptors (Lipinski definition) is 5. The van der Waals surface area contributed by atoms with Gasteiger partial charge in [-0.1, -0.05) is 6.07 Å². The third-order valence-corrected chi connectivity index (χ3v) is 5.36. The number of pyridine rings is 1. The molecule has 1 atom stereocenters. The van der Waals surface area contributed by atoms with Crippen LogP contribution in [0, 0.1) is 0 Å². The Balaban J connectivity index is 0.00000240. The molecule has 0 saturated carbocycles. The van der Waals surface area contributed by atoms with Crippen LogP contribution in [0.25, 0.3) is 0 Å². The summed E-state index contributed by atoms with van der Waals surface area (Å²) in [6, 6.07) is 4.27. The third-order valence-electron chi connectivity index (χ3n) is 5.36. The Kier molecular flexibility index (Phi) is 7.70. The molecule has 158 valence electrons. The number of morpholine rings is 1.